The lowest BCUT2D eigenvalue weighted by molar-refractivity contribution is -0.185. The van der Waals surface area contributed by atoms with Gasteiger partial charge in [-0.15, -0.1) is 0 Å². The summed E-state index contributed by atoms with van der Waals surface area (Å²) in [5.41, 5.74) is 0. The second-order valence-corrected chi connectivity index (χ2v) is 2.63. The zero-order valence-electron chi connectivity index (χ0n) is 7.16. The predicted octanol–water partition coefficient (Wildman–Crippen LogP) is 2.96. The van der Waals surface area contributed by atoms with E-state index in [-0.39, 0.29) is 6.10 Å². The van der Waals surface area contributed by atoms with Crippen LogP contribution in [0.15, 0.2) is 0 Å². The van der Waals surface area contributed by atoms with Gasteiger partial charge in [-0.05, 0) is 12.8 Å². The second kappa shape index (κ2) is 5.41. The van der Waals surface area contributed by atoms with Crippen LogP contribution in [0.4, 0.5) is 13.2 Å². The smallest absolute Gasteiger partial charge is 0.369 e. The van der Waals surface area contributed by atoms with Crippen molar-refractivity contribution in [3.63, 3.8) is 0 Å². The Morgan fingerprint density at radius 2 is 2.00 bits per heavy atom. The van der Waals surface area contributed by atoms with Gasteiger partial charge >= 0.3 is 6.18 Å². The lowest BCUT2D eigenvalue weighted by Crippen LogP contribution is -2.22. The van der Waals surface area contributed by atoms with Crippen molar-refractivity contribution >= 4 is 0 Å². The maximum absolute atomic E-state index is 11.6. The van der Waals surface area contributed by atoms with E-state index in [1.165, 1.54) is 0 Å². The van der Waals surface area contributed by atoms with Gasteiger partial charge in [0.25, 0.3) is 0 Å². The van der Waals surface area contributed by atoms with E-state index in [1.54, 1.807) is 0 Å². The van der Waals surface area contributed by atoms with Gasteiger partial charge in [0.05, 0.1) is 6.10 Å². The number of halogens is 3. The minimum absolute atomic E-state index is 0.350. The molecule has 0 aromatic rings. The van der Waals surface area contributed by atoms with Crippen molar-refractivity contribution in [2.24, 2.45) is 0 Å². The summed E-state index contributed by atoms with van der Waals surface area (Å²) in [5, 5.41) is 0. The molecule has 12 heavy (non-hydrogen) atoms. The number of hydrogen-bond acceptors (Lipinski definition) is 1. The molecule has 1 unspecified atom stereocenters. The highest BCUT2D eigenvalue weighted by Gasteiger charge is 2.28. The first-order chi connectivity index (χ1) is 5.49. The molecule has 0 amide bonds. The van der Waals surface area contributed by atoms with Crippen LogP contribution >= 0.6 is 0 Å². The van der Waals surface area contributed by atoms with E-state index in [0.29, 0.717) is 12.8 Å². The third-order valence-corrected chi connectivity index (χ3v) is 1.42. The van der Waals surface area contributed by atoms with Crippen LogP contribution in [-0.2, 0) is 4.74 Å². The predicted molar refractivity (Wildman–Crippen MR) is 40.7 cm³/mol. The summed E-state index contributed by atoms with van der Waals surface area (Å²) >= 11 is 0. The average Bonchev–Trinajstić information content (AvgIpc) is 1.96. The van der Waals surface area contributed by atoms with Gasteiger partial charge in [-0.2, -0.15) is 13.2 Å². The molecule has 0 aliphatic heterocycles. The zero-order valence-corrected chi connectivity index (χ0v) is 7.16. The third-order valence-electron chi connectivity index (χ3n) is 1.42. The largest absolute Gasteiger partial charge is 0.411 e. The fraction of sp³-hybridized carbons (Fsp3) is 0.875. The highest BCUT2D eigenvalue weighted by atomic mass is 19.4. The maximum atomic E-state index is 11.6. The first-order valence-corrected chi connectivity index (χ1v) is 3.97. The molecule has 0 heterocycles. The number of hydrogen-bond donors (Lipinski definition) is 0. The van der Waals surface area contributed by atoms with Crippen molar-refractivity contribution in [1.82, 2.24) is 0 Å². The Labute approximate surface area is 70.9 Å². The maximum Gasteiger partial charge on any atom is 0.411 e. The van der Waals surface area contributed by atoms with Crippen molar-refractivity contribution in [3.8, 4) is 0 Å². The van der Waals surface area contributed by atoms with Crippen molar-refractivity contribution in [3.05, 3.63) is 6.92 Å². The third kappa shape index (κ3) is 6.46. The molecular weight excluding hydrogens is 169 g/mol. The van der Waals surface area contributed by atoms with Crippen LogP contribution in [0.25, 0.3) is 0 Å². The standard InChI is InChI=1S/C8H14F3O/c1-3-5-7(4-2)12-6-8(9,10)11/h7H,2-6H2,1H3. The number of rotatable bonds is 5. The lowest BCUT2D eigenvalue weighted by Gasteiger charge is -2.16. The molecule has 0 rings (SSSR count). The topological polar surface area (TPSA) is 9.23 Å². The summed E-state index contributed by atoms with van der Waals surface area (Å²) in [6.45, 7) is 4.26. The van der Waals surface area contributed by atoms with E-state index in [0.717, 1.165) is 6.42 Å². The molecule has 0 N–H and O–H groups in total. The molecule has 73 valence electrons. The van der Waals surface area contributed by atoms with Crippen LogP contribution in [0.1, 0.15) is 26.2 Å². The summed E-state index contributed by atoms with van der Waals surface area (Å²) in [6, 6.07) is 0. The quantitative estimate of drug-likeness (QED) is 0.636. The summed E-state index contributed by atoms with van der Waals surface area (Å²) in [4.78, 5) is 0. The summed E-state index contributed by atoms with van der Waals surface area (Å²) < 4.78 is 39.6. The van der Waals surface area contributed by atoms with E-state index in [2.05, 4.69) is 11.7 Å². The van der Waals surface area contributed by atoms with Crippen LogP contribution in [0, 0.1) is 6.92 Å². The normalized spacial score (nSPS) is 14.8. The molecule has 0 aliphatic carbocycles. The van der Waals surface area contributed by atoms with E-state index in [4.69, 9.17) is 0 Å². The van der Waals surface area contributed by atoms with Crippen molar-refractivity contribution < 1.29 is 17.9 Å². The highest BCUT2D eigenvalue weighted by molar-refractivity contribution is 4.60. The molecule has 1 nitrogen and oxygen atoms in total. The second-order valence-electron chi connectivity index (χ2n) is 2.63. The monoisotopic (exact) mass is 183 g/mol. The average molecular weight is 183 g/mol. The summed E-state index contributed by atoms with van der Waals surface area (Å²) in [6.07, 6.45) is -2.72. The van der Waals surface area contributed by atoms with Crippen molar-refractivity contribution in [2.45, 2.75) is 38.5 Å². The van der Waals surface area contributed by atoms with Crippen LogP contribution in [-0.4, -0.2) is 18.9 Å². The Bertz CT molecular complexity index is 111. The Morgan fingerprint density at radius 3 is 2.33 bits per heavy atom. The van der Waals surface area contributed by atoms with Gasteiger partial charge in [-0.3, -0.25) is 0 Å². The van der Waals surface area contributed by atoms with Crippen LogP contribution in [0.5, 0.6) is 0 Å². The van der Waals surface area contributed by atoms with E-state index in [9.17, 15) is 13.2 Å². The molecule has 0 saturated carbocycles. The molecule has 0 spiro atoms. The molecule has 0 saturated heterocycles. The van der Waals surface area contributed by atoms with Crippen LogP contribution in [0.2, 0.25) is 0 Å². The molecule has 0 bridgehead atoms. The van der Waals surface area contributed by atoms with Crippen LogP contribution in [0.3, 0.4) is 0 Å². The van der Waals surface area contributed by atoms with Gasteiger partial charge in [0.2, 0.25) is 0 Å². The van der Waals surface area contributed by atoms with Gasteiger partial charge in [-0.25, -0.2) is 0 Å². The molecule has 0 aliphatic rings. The number of alkyl halides is 3. The molecule has 0 aromatic heterocycles. The molecule has 0 aromatic carbocycles. The fourth-order valence-electron chi connectivity index (χ4n) is 0.845. The minimum Gasteiger partial charge on any atom is -0.369 e. The Hall–Kier alpha value is -0.250. The fourth-order valence-corrected chi connectivity index (χ4v) is 0.845. The van der Waals surface area contributed by atoms with E-state index < -0.39 is 12.8 Å². The molecule has 0 fully saturated rings. The van der Waals surface area contributed by atoms with Gasteiger partial charge in [-0.1, -0.05) is 20.3 Å². The van der Waals surface area contributed by atoms with Gasteiger partial charge in [0.1, 0.15) is 6.61 Å². The Balaban J connectivity index is 3.58. The highest BCUT2D eigenvalue weighted by Crippen LogP contribution is 2.17. The number of ether oxygens (including phenoxy) is 1. The Kier molecular flexibility index (Phi) is 5.29. The van der Waals surface area contributed by atoms with Gasteiger partial charge in [0.15, 0.2) is 0 Å². The zero-order chi connectivity index (χ0) is 9.61. The first-order valence-electron chi connectivity index (χ1n) is 3.97. The first kappa shape index (κ1) is 11.8. The van der Waals surface area contributed by atoms with E-state index >= 15 is 0 Å². The lowest BCUT2D eigenvalue weighted by atomic mass is 10.2. The van der Waals surface area contributed by atoms with E-state index in [1.807, 2.05) is 6.92 Å². The molecular formula is C8H14F3O. The van der Waals surface area contributed by atoms with Crippen molar-refractivity contribution in [2.75, 3.05) is 6.61 Å². The summed E-state index contributed by atoms with van der Waals surface area (Å²) in [7, 11) is 0. The van der Waals surface area contributed by atoms with Gasteiger partial charge in [0, 0.05) is 0 Å². The molecule has 4 heteroatoms. The Morgan fingerprint density at radius 1 is 1.42 bits per heavy atom. The molecule has 1 radical (unpaired) electrons. The SMILES string of the molecule is [CH2]CC(CCC)OCC(F)(F)F. The molecule has 1 atom stereocenters. The van der Waals surface area contributed by atoms with Crippen molar-refractivity contribution in [1.29, 1.82) is 0 Å². The van der Waals surface area contributed by atoms with Gasteiger partial charge < -0.3 is 4.74 Å². The summed E-state index contributed by atoms with van der Waals surface area (Å²) in [5.74, 6) is 0. The minimum atomic E-state index is -4.22. The van der Waals surface area contributed by atoms with Crippen LogP contribution < -0.4 is 0 Å².